The Hall–Kier alpha value is -6.38. The minimum absolute atomic E-state index is 0.184. The van der Waals surface area contributed by atoms with Gasteiger partial charge in [0.15, 0.2) is 0 Å². The van der Waals surface area contributed by atoms with Crippen LogP contribution in [0.3, 0.4) is 0 Å². The molecule has 5 aliphatic rings. The largest absolute Gasteiger partial charge is 0.456 e. The third-order valence-electron chi connectivity index (χ3n) is 15.6. The van der Waals surface area contributed by atoms with Crippen LogP contribution in [0.2, 0.25) is 0 Å². The second-order valence-corrected chi connectivity index (χ2v) is 19.5. The van der Waals surface area contributed by atoms with E-state index in [9.17, 15) is 0 Å². The second-order valence-electron chi connectivity index (χ2n) is 19.5. The van der Waals surface area contributed by atoms with E-state index in [1.807, 2.05) is 0 Å². The van der Waals surface area contributed by atoms with Gasteiger partial charge < -0.3 is 9.32 Å². The average Bonchev–Trinajstić information content (AvgIpc) is 3.78. The maximum absolute atomic E-state index is 6.99. The van der Waals surface area contributed by atoms with E-state index in [4.69, 9.17) is 4.42 Å². The molecule has 0 unspecified atom stereocenters. The third-order valence-corrected chi connectivity index (χ3v) is 15.6. The zero-order chi connectivity index (χ0) is 40.5. The van der Waals surface area contributed by atoms with Crippen molar-refractivity contribution in [1.29, 1.82) is 0 Å². The second kappa shape index (κ2) is 13.1. The highest BCUT2D eigenvalue weighted by Crippen LogP contribution is 2.62. The van der Waals surface area contributed by atoms with Crippen molar-refractivity contribution in [2.75, 3.05) is 4.90 Å². The van der Waals surface area contributed by atoms with Crippen LogP contribution in [0.25, 0.3) is 66.1 Å². The fourth-order valence-corrected chi connectivity index (χ4v) is 13.4. The molecule has 296 valence electrons. The number of fused-ring (bicyclic) bond motifs is 7. The topological polar surface area (TPSA) is 16.4 Å². The quantitative estimate of drug-likeness (QED) is 0.167. The van der Waals surface area contributed by atoms with Crippen molar-refractivity contribution in [3.8, 4) is 33.4 Å². The molecule has 0 spiro atoms. The van der Waals surface area contributed by atoms with E-state index in [2.05, 4.69) is 189 Å². The molecule has 4 saturated carbocycles. The van der Waals surface area contributed by atoms with Crippen molar-refractivity contribution in [2.24, 2.45) is 17.8 Å². The number of para-hydroxylation sites is 1. The Morgan fingerprint density at radius 1 is 0.492 bits per heavy atom. The molecule has 1 heterocycles. The van der Waals surface area contributed by atoms with Crippen LogP contribution in [0, 0.1) is 17.8 Å². The molecule has 1 aromatic heterocycles. The average molecular weight is 788 g/mol. The van der Waals surface area contributed by atoms with Gasteiger partial charge in [-0.15, -0.1) is 0 Å². The monoisotopic (exact) mass is 787 g/mol. The molecule has 0 saturated heterocycles. The molecule has 4 fully saturated rings. The zero-order valence-corrected chi connectivity index (χ0v) is 35.0. The lowest BCUT2D eigenvalue weighted by atomic mass is 9.48. The van der Waals surface area contributed by atoms with Gasteiger partial charge in [-0.2, -0.15) is 0 Å². The lowest BCUT2D eigenvalue weighted by Crippen LogP contribution is -2.48. The van der Waals surface area contributed by atoms with E-state index >= 15 is 0 Å². The van der Waals surface area contributed by atoms with Gasteiger partial charge in [-0.25, -0.2) is 0 Å². The van der Waals surface area contributed by atoms with E-state index in [0.29, 0.717) is 0 Å². The lowest BCUT2D eigenvalue weighted by molar-refractivity contribution is -0.00485. The van der Waals surface area contributed by atoms with Crippen molar-refractivity contribution in [3.05, 3.63) is 187 Å². The Bertz CT molecular complexity index is 3160. The highest BCUT2D eigenvalue weighted by Gasteiger charge is 2.52. The minimum atomic E-state index is -0.184. The predicted octanol–water partition coefficient (Wildman–Crippen LogP) is 16.3. The highest BCUT2D eigenvalue weighted by molar-refractivity contribution is 6.09. The van der Waals surface area contributed by atoms with Crippen LogP contribution in [0.4, 0.5) is 17.1 Å². The number of furan rings is 1. The number of rotatable bonds is 6. The Balaban J connectivity index is 0.984. The summed E-state index contributed by atoms with van der Waals surface area (Å²) >= 11 is 0. The highest BCUT2D eigenvalue weighted by atomic mass is 16.3. The van der Waals surface area contributed by atoms with E-state index in [0.717, 1.165) is 40.3 Å². The number of hydrogen-bond donors (Lipinski definition) is 0. The van der Waals surface area contributed by atoms with Gasteiger partial charge in [0, 0.05) is 33.1 Å². The maximum Gasteiger partial charge on any atom is 0.139 e. The molecule has 0 radical (unpaired) electrons. The molecule has 14 rings (SSSR count). The fraction of sp³-hybridized carbons (Fsp3) is 0.220. The smallest absolute Gasteiger partial charge is 0.139 e. The summed E-state index contributed by atoms with van der Waals surface area (Å²) in [4.78, 5) is 2.51. The standard InChI is InChI=1S/C59H49NO/c1-58(2)51-21-7-6-16-47(51)48-19-11-23-53(56(48)58)60(43-26-24-41(25-27-43)46-18-9-15-42-14-8-17-45(55(42)46)40-12-4-3-5-13-40)44-28-29-54-50(33-44)49-20-10-22-52(57(49)61-54)59-34-37-30-38(35-59)32-39(31-37)36-59/h3-29,33,37-39H,30-32,34-36H2,1-2H3. The van der Waals surface area contributed by atoms with E-state index in [1.54, 1.807) is 0 Å². The molecule has 9 aromatic rings. The van der Waals surface area contributed by atoms with Gasteiger partial charge in [0.1, 0.15) is 11.2 Å². The summed E-state index contributed by atoms with van der Waals surface area (Å²) in [5, 5.41) is 4.97. The summed E-state index contributed by atoms with van der Waals surface area (Å²) in [6.07, 6.45) is 8.31. The van der Waals surface area contributed by atoms with E-state index in [-0.39, 0.29) is 10.8 Å². The van der Waals surface area contributed by atoms with Crippen molar-refractivity contribution in [3.63, 3.8) is 0 Å². The summed E-state index contributed by atoms with van der Waals surface area (Å²) < 4.78 is 6.99. The lowest BCUT2D eigenvalue weighted by Gasteiger charge is -2.57. The first-order valence-corrected chi connectivity index (χ1v) is 22.6. The summed E-state index contributed by atoms with van der Waals surface area (Å²) in [7, 11) is 0. The van der Waals surface area contributed by atoms with Gasteiger partial charge in [0.25, 0.3) is 0 Å². The first-order chi connectivity index (χ1) is 29.9. The third kappa shape index (κ3) is 5.27. The molecule has 2 nitrogen and oxygen atoms in total. The molecular weight excluding hydrogens is 739 g/mol. The van der Waals surface area contributed by atoms with Crippen LogP contribution in [-0.4, -0.2) is 0 Å². The van der Waals surface area contributed by atoms with Crippen molar-refractivity contribution in [2.45, 2.75) is 63.2 Å². The molecule has 2 heteroatoms. The van der Waals surface area contributed by atoms with Crippen LogP contribution in [0.15, 0.2) is 174 Å². The molecule has 0 N–H and O–H groups in total. The van der Waals surface area contributed by atoms with Crippen LogP contribution in [-0.2, 0) is 10.8 Å². The van der Waals surface area contributed by atoms with Gasteiger partial charge in [0.05, 0.1) is 5.69 Å². The first-order valence-electron chi connectivity index (χ1n) is 22.6. The molecule has 0 amide bonds. The van der Waals surface area contributed by atoms with Gasteiger partial charge in [-0.05, 0) is 153 Å². The van der Waals surface area contributed by atoms with Gasteiger partial charge in [-0.1, -0.05) is 147 Å². The van der Waals surface area contributed by atoms with Crippen LogP contribution >= 0.6 is 0 Å². The van der Waals surface area contributed by atoms with Crippen LogP contribution < -0.4 is 4.90 Å². The summed E-state index contributed by atoms with van der Waals surface area (Å²) in [5.74, 6) is 2.64. The molecule has 61 heavy (non-hydrogen) atoms. The fourth-order valence-electron chi connectivity index (χ4n) is 13.4. The zero-order valence-electron chi connectivity index (χ0n) is 35.0. The van der Waals surface area contributed by atoms with Crippen molar-refractivity contribution >= 4 is 49.8 Å². The predicted molar refractivity (Wildman–Crippen MR) is 254 cm³/mol. The minimum Gasteiger partial charge on any atom is -0.456 e. The number of hydrogen-bond acceptors (Lipinski definition) is 2. The van der Waals surface area contributed by atoms with Gasteiger partial charge >= 0.3 is 0 Å². The van der Waals surface area contributed by atoms with Crippen LogP contribution in [0.1, 0.15) is 69.1 Å². The van der Waals surface area contributed by atoms with Crippen LogP contribution in [0.5, 0.6) is 0 Å². The van der Waals surface area contributed by atoms with E-state index < -0.39 is 0 Å². The Labute approximate surface area is 358 Å². The molecule has 0 atom stereocenters. The summed E-state index contributed by atoms with van der Waals surface area (Å²) in [6, 6.07) is 63.3. The Kier molecular flexibility index (Phi) is 7.58. The SMILES string of the molecule is CC1(C)c2ccccc2-c2cccc(N(c3ccc(-c4cccc5cccc(-c6ccccc6)c45)cc3)c3ccc4oc5c(C67CC8CC(CC(C8)C6)C7)cccc5c4c3)c21. The van der Waals surface area contributed by atoms with Gasteiger partial charge in [-0.3, -0.25) is 0 Å². The molecule has 0 aliphatic heterocycles. The molecule has 5 aliphatic carbocycles. The Morgan fingerprint density at radius 2 is 1.08 bits per heavy atom. The number of benzene rings is 8. The number of anilines is 3. The van der Waals surface area contributed by atoms with Gasteiger partial charge in [0.2, 0.25) is 0 Å². The summed E-state index contributed by atoms with van der Waals surface area (Å²) in [5.41, 5.74) is 17.5. The molecule has 8 aromatic carbocycles. The Morgan fingerprint density at radius 3 is 1.82 bits per heavy atom. The normalized spacial score (nSPS) is 21.9. The molecule has 4 bridgehead atoms. The van der Waals surface area contributed by atoms with Crippen molar-refractivity contribution in [1.82, 2.24) is 0 Å². The maximum atomic E-state index is 6.99. The number of nitrogens with zero attached hydrogens (tertiary/aromatic N) is 1. The van der Waals surface area contributed by atoms with Crippen molar-refractivity contribution < 1.29 is 4.42 Å². The first kappa shape index (κ1) is 35.4. The van der Waals surface area contributed by atoms with E-state index in [1.165, 1.54) is 116 Å². The summed E-state index contributed by atoms with van der Waals surface area (Å²) in [6.45, 7) is 4.79. The molecular formula is C59H49NO.